The van der Waals surface area contributed by atoms with Gasteiger partial charge < -0.3 is 5.32 Å². The van der Waals surface area contributed by atoms with Crippen LogP contribution in [-0.4, -0.2) is 15.7 Å². The van der Waals surface area contributed by atoms with Gasteiger partial charge in [-0.2, -0.15) is 5.10 Å². The molecule has 0 aliphatic carbocycles. The van der Waals surface area contributed by atoms with Crippen LogP contribution in [0.25, 0.3) is 0 Å². The summed E-state index contributed by atoms with van der Waals surface area (Å²) in [6.07, 6.45) is 4.97. The molecule has 1 amide bonds. The molecule has 0 bridgehead atoms. The SMILES string of the molecule is CCc1cccc(NC(=O)CC(C)n2cccn2)c1. The molecule has 100 valence electrons. The Balaban J connectivity index is 1.93. The summed E-state index contributed by atoms with van der Waals surface area (Å²) in [5.41, 5.74) is 2.08. The molecular weight excluding hydrogens is 238 g/mol. The first-order valence-electron chi connectivity index (χ1n) is 6.57. The molecule has 1 unspecified atom stereocenters. The summed E-state index contributed by atoms with van der Waals surface area (Å²) in [5, 5.41) is 7.07. The van der Waals surface area contributed by atoms with E-state index in [9.17, 15) is 4.79 Å². The van der Waals surface area contributed by atoms with Crippen LogP contribution in [0.3, 0.4) is 0 Å². The number of carbonyl (C=O) groups is 1. The monoisotopic (exact) mass is 257 g/mol. The molecule has 4 heteroatoms. The fourth-order valence-corrected chi connectivity index (χ4v) is 1.98. The van der Waals surface area contributed by atoms with E-state index in [4.69, 9.17) is 0 Å². The number of carbonyl (C=O) groups excluding carboxylic acids is 1. The molecule has 4 nitrogen and oxygen atoms in total. The Labute approximate surface area is 113 Å². The average Bonchev–Trinajstić information content (AvgIpc) is 2.92. The lowest BCUT2D eigenvalue weighted by Gasteiger charge is -2.12. The largest absolute Gasteiger partial charge is 0.326 e. The lowest BCUT2D eigenvalue weighted by Crippen LogP contribution is -2.17. The van der Waals surface area contributed by atoms with Crippen molar-refractivity contribution >= 4 is 11.6 Å². The van der Waals surface area contributed by atoms with Crippen LogP contribution in [-0.2, 0) is 11.2 Å². The van der Waals surface area contributed by atoms with E-state index >= 15 is 0 Å². The highest BCUT2D eigenvalue weighted by Crippen LogP contribution is 2.14. The van der Waals surface area contributed by atoms with Crippen LogP contribution in [0.15, 0.2) is 42.7 Å². The Hall–Kier alpha value is -2.10. The van der Waals surface area contributed by atoms with Gasteiger partial charge in [0.2, 0.25) is 5.91 Å². The van der Waals surface area contributed by atoms with Gasteiger partial charge in [0.1, 0.15) is 0 Å². The zero-order valence-corrected chi connectivity index (χ0v) is 11.3. The van der Waals surface area contributed by atoms with Crippen molar-refractivity contribution in [2.45, 2.75) is 32.7 Å². The van der Waals surface area contributed by atoms with Crippen LogP contribution in [0.2, 0.25) is 0 Å². The van der Waals surface area contributed by atoms with Crippen LogP contribution in [0.4, 0.5) is 5.69 Å². The first kappa shape index (κ1) is 13.3. The van der Waals surface area contributed by atoms with Crippen LogP contribution >= 0.6 is 0 Å². The van der Waals surface area contributed by atoms with Crippen molar-refractivity contribution in [3.8, 4) is 0 Å². The van der Waals surface area contributed by atoms with Crippen molar-refractivity contribution in [3.05, 3.63) is 48.3 Å². The van der Waals surface area contributed by atoms with Crippen LogP contribution < -0.4 is 5.32 Å². The third-order valence-corrected chi connectivity index (χ3v) is 3.08. The summed E-state index contributed by atoms with van der Waals surface area (Å²) >= 11 is 0. The van der Waals surface area contributed by atoms with E-state index in [1.54, 1.807) is 10.9 Å². The van der Waals surface area contributed by atoms with Gasteiger partial charge in [-0.25, -0.2) is 0 Å². The molecule has 0 saturated carbocycles. The first-order valence-corrected chi connectivity index (χ1v) is 6.57. The Morgan fingerprint density at radius 2 is 2.26 bits per heavy atom. The molecule has 19 heavy (non-hydrogen) atoms. The zero-order chi connectivity index (χ0) is 13.7. The second kappa shape index (κ2) is 6.18. The fraction of sp³-hybridized carbons (Fsp3) is 0.333. The number of aryl methyl sites for hydroxylation is 1. The maximum absolute atomic E-state index is 12.0. The van der Waals surface area contributed by atoms with Crippen LogP contribution in [0.5, 0.6) is 0 Å². The number of nitrogens with one attached hydrogen (secondary N) is 1. The van der Waals surface area contributed by atoms with Crippen LogP contribution in [0, 0.1) is 0 Å². The second-order valence-electron chi connectivity index (χ2n) is 4.64. The van der Waals surface area contributed by atoms with Crippen molar-refractivity contribution in [1.29, 1.82) is 0 Å². The van der Waals surface area contributed by atoms with E-state index in [1.807, 2.05) is 37.4 Å². The van der Waals surface area contributed by atoms with Crippen molar-refractivity contribution in [1.82, 2.24) is 9.78 Å². The molecule has 0 saturated heterocycles. The van der Waals surface area contributed by atoms with E-state index < -0.39 is 0 Å². The number of aromatic nitrogens is 2. The zero-order valence-electron chi connectivity index (χ0n) is 11.3. The summed E-state index contributed by atoms with van der Waals surface area (Å²) in [5.74, 6) is 0.0104. The number of hydrogen-bond acceptors (Lipinski definition) is 2. The molecular formula is C15H19N3O. The molecule has 0 aliphatic rings. The van der Waals surface area contributed by atoms with Crippen molar-refractivity contribution in [2.75, 3.05) is 5.32 Å². The highest BCUT2D eigenvalue weighted by Gasteiger charge is 2.11. The fourth-order valence-electron chi connectivity index (χ4n) is 1.98. The maximum atomic E-state index is 12.0. The van der Waals surface area contributed by atoms with Gasteiger partial charge in [-0.3, -0.25) is 9.48 Å². The molecule has 1 aromatic heterocycles. The molecule has 2 aromatic rings. The summed E-state index contributed by atoms with van der Waals surface area (Å²) in [4.78, 5) is 12.0. The summed E-state index contributed by atoms with van der Waals surface area (Å²) in [7, 11) is 0. The third-order valence-electron chi connectivity index (χ3n) is 3.08. The van der Waals surface area contributed by atoms with E-state index in [0.717, 1.165) is 12.1 Å². The number of amides is 1. The van der Waals surface area contributed by atoms with Gasteiger partial charge in [-0.05, 0) is 37.1 Å². The predicted molar refractivity (Wildman–Crippen MR) is 76.0 cm³/mol. The molecule has 1 aromatic carbocycles. The van der Waals surface area contributed by atoms with Crippen LogP contribution in [0.1, 0.15) is 31.9 Å². The number of benzene rings is 1. The third kappa shape index (κ3) is 3.68. The molecule has 0 fully saturated rings. The van der Waals surface area contributed by atoms with Crippen molar-refractivity contribution < 1.29 is 4.79 Å². The van der Waals surface area contributed by atoms with Gasteiger partial charge in [0.15, 0.2) is 0 Å². The van der Waals surface area contributed by atoms with E-state index in [2.05, 4.69) is 23.4 Å². The van der Waals surface area contributed by atoms with Gasteiger partial charge in [-0.15, -0.1) is 0 Å². The molecule has 0 spiro atoms. The first-order chi connectivity index (χ1) is 9.19. The predicted octanol–water partition coefficient (Wildman–Crippen LogP) is 3.04. The van der Waals surface area contributed by atoms with E-state index in [1.165, 1.54) is 5.56 Å². The highest BCUT2D eigenvalue weighted by molar-refractivity contribution is 5.91. The number of rotatable bonds is 5. The van der Waals surface area contributed by atoms with E-state index in [0.29, 0.717) is 6.42 Å². The maximum Gasteiger partial charge on any atom is 0.226 e. The van der Waals surface area contributed by atoms with Gasteiger partial charge in [0.05, 0.1) is 6.04 Å². The summed E-state index contributed by atoms with van der Waals surface area (Å²) in [6, 6.07) is 9.86. The Bertz CT molecular complexity index is 534. The minimum atomic E-state index is 0.0104. The van der Waals surface area contributed by atoms with Crippen molar-refractivity contribution in [2.24, 2.45) is 0 Å². The van der Waals surface area contributed by atoms with Gasteiger partial charge in [0, 0.05) is 24.5 Å². The molecule has 1 atom stereocenters. The molecule has 2 rings (SSSR count). The number of nitrogens with zero attached hydrogens (tertiary/aromatic N) is 2. The summed E-state index contributed by atoms with van der Waals surface area (Å²) < 4.78 is 1.79. The lowest BCUT2D eigenvalue weighted by atomic mass is 10.1. The summed E-state index contributed by atoms with van der Waals surface area (Å²) in [6.45, 7) is 4.08. The minimum Gasteiger partial charge on any atom is -0.326 e. The molecule has 0 radical (unpaired) electrons. The Morgan fingerprint density at radius 3 is 2.95 bits per heavy atom. The smallest absolute Gasteiger partial charge is 0.226 e. The lowest BCUT2D eigenvalue weighted by molar-refractivity contribution is -0.116. The molecule has 1 N–H and O–H groups in total. The molecule has 0 aliphatic heterocycles. The van der Waals surface area contributed by atoms with Gasteiger partial charge in [-0.1, -0.05) is 19.1 Å². The second-order valence-corrected chi connectivity index (χ2v) is 4.64. The highest BCUT2D eigenvalue weighted by atomic mass is 16.1. The van der Waals surface area contributed by atoms with E-state index in [-0.39, 0.29) is 11.9 Å². The van der Waals surface area contributed by atoms with Gasteiger partial charge >= 0.3 is 0 Å². The molecule has 1 heterocycles. The van der Waals surface area contributed by atoms with Gasteiger partial charge in [0.25, 0.3) is 0 Å². The average molecular weight is 257 g/mol. The quantitative estimate of drug-likeness (QED) is 0.895. The van der Waals surface area contributed by atoms with Crippen molar-refractivity contribution in [3.63, 3.8) is 0 Å². The number of anilines is 1. The minimum absolute atomic E-state index is 0.0104. The number of hydrogen-bond donors (Lipinski definition) is 1. The topological polar surface area (TPSA) is 46.9 Å². The Kier molecular flexibility index (Phi) is 4.34. The Morgan fingerprint density at radius 1 is 1.42 bits per heavy atom. The normalized spacial score (nSPS) is 12.1. The standard InChI is InChI=1S/C15H19N3O/c1-3-13-6-4-7-14(11-13)17-15(19)10-12(2)18-9-5-8-16-18/h4-9,11-12H,3,10H2,1-2H3,(H,17,19).